The van der Waals surface area contributed by atoms with E-state index < -0.39 is 155 Å². The van der Waals surface area contributed by atoms with Crippen LogP contribution < -0.4 is 0 Å². The van der Waals surface area contributed by atoms with Crippen LogP contribution in [0.1, 0.15) is 13.8 Å². The highest BCUT2D eigenvalue weighted by Crippen LogP contribution is 2.37. The van der Waals surface area contributed by atoms with Gasteiger partial charge in [-0.3, -0.25) is 0 Å². The Morgan fingerprint density at radius 1 is 0.404 bits per heavy atom. The summed E-state index contributed by atoms with van der Waals surface area (Å²) < 4.78 is 40.2. The second kappa shape index (κ2) is 16.5. The molecular formula is C27H48O20. The Balaban J connectivity index is 1.67. The van der Waals surface area contributed by atoms with Crippen molar-refractivity contribution in [2.45, 2.75) is 136 Å². The Hall–Kier alpha value is -0.800. The van der Waals surface area contributed by atoms with Gasteiger partial charge in [0.1, 0.15) is 97.7 Å². The summed E-state index contributed by atoms with van der Waals surface area (Å²) in [5, 5.41) is 134. The Morgan fingerprint density at radius 2 is 0.766 bits per heavy atom. The van der Waals surface area contributed by atoms with Gasteiger partial charge in [0.15, 0.2) is 18.9 Å². The lowest BCUT2D eigenvalue weighted by molar-refractivity contribution is -0.393. The molecule has 0 saturated carbocycles. The lowest BCUT2D eigenvalue weighted by Gasteiger charge is -2.51. The maximum Gasteiger partial charge on any atom is 0.187 e. The summed E-state index contributed by atoms with van der Waals surface area (Å²) in [6.07, 6.45) is -33.5. The molecule has 0 spiro atoms. The van der Waals surface area contributed by atoms with Gasteiger partial charge in [0.2, 0.25) is 0 Å². The summed E-state index contributed by atoms with van der Waals surface area (Å²) in [7, 11) is 0. The average Bonchev–Trinajstić information content (AvgIpc) is 3.05. The molecule has 0 bridgehead atoms. The number of rotatable bonds is 11. The van der Waals surface area contributed by atoms with Crippen LogP contribution in [0.25, 0.3) is 0 Å². The topological polar surface area (TPSA) is 328 Å². The first-order chi connectivity index (χ1) is 22.2. The molecule has 4 aliphatic heterocycles. The van der Waals surface area contributed by atoms with Crippen LogP contribution in [0.4, 0.5) is 0 Å². The molecule has 0 aliphatic carbocycles. The standard InChI is InChI=1S/C27H48O20/c1-7(2)21-24(47-26-20(40)17(37)13(33)9(4-29)43-26)22(15(35)11(6-31)41-21)45-27-23(18(38)14(34)10(5-30)44-27)46-25-19(39)16(36)12(32)8(3-28)42-25/h7-40H,3-6H2,1-2H3/t8-,9-,10-,11-,12-,13-,14-,15-,16+,17+,18+,19-,20-,21?,22+,23-,24+,25+,26+,27+/m1/s1. The average molecular weight is 693 g/mol. The minimum atomic E-state index is -1.95. The maximum absolute atomic E-state index is 11.3. The van der Waals surface area contributed by atoms with Crippen molar-refractivity contribution in [3.8, 4) is 0 Å². The molecule has 1 unspecified atom stereocenters. The van der Waals surface area contributed by atoms with Crippen LogP contribution in [0.2, 0.25) is 0 Å². The molecule has 20 heteroatoms. The fourth-order valence-corrected chi connectivity index (χ4v) is 6.09. The van der Waals surface area contributed by atoms with E-state index in [0.29, 0.717) is 0 Å². The molecule has 13 N–H and O–H groups in total. The van der Waals surface area contributed by atoms with E-state index in [1.54, 1.807) is 13.8 Å². The predicted molar refractivity (Wildman–Crippen MR) is 147 cm³/mol. The minimum Gasteiger partial charge on any atom is -0.394 e. The van der Waals surface area contributed by atoms with Gasteiger partial charge in [0.25, 0.3) is 0 Å². The molecule has 4 fully saturated rings. The zero-order valence-electron chi connectivity index (χ0n) is 25.6. The van der Waals surface area contributed by atoms with Gasteiger partial charge < -0.3 is 99.5 Å². The van der Waals surface area contributed by atoms with Crippen molar-refractivity contribution in [1.29, 1.82) is 0 Å². The maximum atomic E-state index is 11.3. The van der Waals surface area contributed by atoms with E-state index in [4.69, 9.17) is 33.2 Å². The van der Waals surface area contributed by atoms with Crippen LogP contribution in [-0.4, -0.2) is 215 Å². The van der Waals surface area contributed by atoms with Gasteiger partial charge in [-0.15, -0.1) is 0 Å². The van der Waals surface area contributed by atoms with E-state index in [1.165, 1.54) is 0 Å². The minimum absolute atomic E-state index is 0.455. The highest BCUT2D eigenvalue weighted by Gasteiger charge is 2.56. The molecule has 4 heterocycles. The highest BCUT2D eigenvalue weighted by molar-refractivity contribution is 5.00. The molecule has 0 aromatic heterocycles. The van der Waals surface area contributed by atoms with E-state index in [2.05, 4.69) is 0 Å². The SMILES string of the molecule is CC(C)C1O[C@H](CO)[C@@H](O)[C@H](O[C@@H]2O[C@H](CO)[C@@H](O)[C@H](O)[C@H]2O[C@@H]2O[C@H](CO)[C@@H](O)[C@H](O)[C@H]2O)[C@H]1O[C@@H]1O[C@H](CO)[C@@H](O)[C@H](O)[C@H]1O. The smallest absolute Gasteiger partial charge is 0.187 e. The third-order valence-electron chi connectivity index (χ3n) is 8.93. The number of aliphatic hydroxyl groups excluding tert-OH is 13. The van der Waals surface area contributed by atoms with E-state index in [-0.39, 0.29) is 0 Å². The van der Waals surface area contributed by atoms with E-state index >= 15 is 0 Å². The molecule has 4 rings (SSSR count). The first-order valence-corrected chi connectivity index (χ1v) is 15.3. The van der Waals surface area contributed by atoms with Gasteiger partial charge in [-0.2, -0.15) is 0 Å². The lowest BCUT2D eigenvalue weighted by Crippen LogP contribution is -2.68. The van der Waals surface area contributed by atoms with Crippen LogP contribution in [0, 0.1) is 5.92 Å². The molecule has 47 heavy (non-hydrogen) atoms. The van der Waals surface area contributed by atoms with Crippen LogP contribution in [0.15, 0.2) is 0 Å². The molecule has 0 aromatic carbocycles. The van der Waals surface area contributed by atoms with Crippen molar-refractivity contribution in [3.63, 3.8) is 0 Å². The first kappa shape index (κ1) is 39.0. The number of ether oxygens (including phenoxy) is 7. The Labute approximate surface area is 268 Å². The predicted octanol–water partition coefficient (Wildman–Crippen LogP) is -8.04. The van der Waals surface area contributed by atoms with Gasteiger partial charge in [-0.1, -0.05) is 13.8 Å². The molecule has 0 aromatic rings. The Bertz CT molecular complexity index is 959. The van der Waals surface area contributed by atoms with Crippen LogP contribution in [0.3, 0.4) is 0 Å². The molecular weight excluding hydrogens is 644 g/mol. The number of hydrogen-bond acceptors (Lipinski definition) is 20. The van der Waals surface area contributed by atoms with Crippen molar-refractivity contribution < 1.29 is 99.5 Å². The first-order valence-electron chi connectivity index (χ1n) is 15.3. The molecule has 0 radical (unpaired) electrons. The second-order valence-corrected chi connectivity index (χ2v) is 12.5. The highest BCUT2D eigenvalue weighted by atomic mass is 16.8. The third-order valence-corrected chi connectivity index (χ3v) is 8.93. The van der Waals surface area contributed by atoms with Crippen LogP contribution >= 0.6 is 0 Å². The summed E-state index contributed by atoms with van der Waals surface area (Å²) in [6.45, 7) is 0.204. The molecule has 4 saturated heterocycles. The van der Waals surface area contributed by atoms with Crippen molar-refractivity contribution >= 4 is 0 Å². The summed E-state index contributed by atoms with van der Waals surface area (Å²) >= 11 is 0. The normalized spacial score (nSPS) is 51.3. The molecule has 20 atom stereocenters. The molecule has 0 amide bonds. The zero-order chi connectivity index (χ0) is 34.9. The molecule has 20 nitrogen and oxygen atoms in total. The van der Waals surface area contributed by atoms with Gasteiger partial charge in [-0.05, 0) is 5.92 Å². The second-order valence-electron chi connectivity index (χ2n) is 12.5. The quantitative estimate of drug-likeness (QED) is 0.0956. The fourth-order valence-electron chi connectivity index (χ4n) is 6.09. The van der Waals surface area contributed by atoms with Crippen molar-refractivity contribution in [2.75, 3.05) is 26.4 Å². The summed E-state index contributed by atoms with van der Waals surface area (Å²) in [5.74, 6) is -0.455. The molecule has 4 aliphatic rings. The van der Waals surface area contributed by atoms with Crippen molar-refractivity contribution in [1.82, 2.24) is 0 Å². The van der Waals surface area contributed by atoms with Gasteiger partial charge in [-0.25, -0.2) is 0 Å². The van der Waals surface area contributed by atoms with Gasteiger partial charge in [0, 0.05) is 0 Å². The summed E-state index contributed by atoms with van der Waals surface area (Å²) in [4.78, 5) is 0. The van der Waals surface area contributed by atoms with Gasteiger partial charge >= 0.3 is 0 Å². The third kappa shape index (κ3) is 7.92. The van der Waals surface area contributed by atoms with Gasteiger partial charge in [0.05, 0.1) is 32.5 Å². The number of aliphatic hydroxyl groups is 13. The number of hydrogen-bond donors (Lipinski definition) is 13. The van der Waals surface area contributed by atoms with E-state index in [9.17, 15) is 66.4 Å². The van der Waals surface area contributed by atoms with Crippen LogP contribution in [-0.2, 0) is 33.2 Å². The molecule has 276 valence electrons. The fraction of sp³-hybridized carbons (Fsp3) is 1.00. The van der Waals surface area contributed by atoms with Crippen molar-refractivity contribution in [2.24, 2.45) is 5.92 Å². The van der Waals surface area contributed by atoms with E-state index in [0.717, 1.165) is 0 Å². The van der Waals surface area contributed by atoms with E-state index in [1.807, 2.05) is 0 Å². The summed E-state index contributed by atoms with van der Waals surface area (Å²) in [5.41, 5.74) is 0. The van der Waals surface area contributed by atoms with Crippen LogP contribution in [0.5, 0.6) is 0 Å². The monoisotopic (exact) mass is 692 g/mol. The Kier molecular flexibility index (Phi) is 13.7. The lowest BCUT2D eigenvalue weighted by atomic mass is 9.88. The largest absolute Gasteiger partial charge is 0.394 e. The Morgan fingerprint density at radius 3 is 1.19 bits per heavy atom. The summed E-state index contributed by atoms with van der Waals surface area (Å²) in [6, 6.07) is 0. The van der Waals surface area contributed by atoms with Crippen molar-refractivity contribution in [3.05, 3.63) is 0 Å². The zero-order valence-corrected chi connectivity index (χ0v) is 25.6.